The Morgan fingerprint density at radius 2 is 2.24 bits per heavy atom. The van der Waals surface area contributed by atoms with Crippen LogP contribution in [-0.2, 0) is 4.79 Å². The van der Waals surface area contributed by atoms with Gasteiger partial charge >= 0.3 is 0 Å². The maximum Gasteiger partial charge on any atom is 0.246 e. The fraction of sp³-hybridized carbons (Fsp3) is 0.357. The first-order chi connectivity index (χ1) is 8.16. The number of carbonyl (C=O) groups is 1. The van der Waals surface area contributed by atoms with Crippen LogP contribution in [0.25, 0.3) is 6.08 Å². The highest BCUT2D eigenvalue weighted by Crippen LogP contribution is 2.11. The monoisotopic (exact) mass is 230 g/mol. The molecular formula is C14H18N2O. The number of likely N-dealkylation sites (tertiary alicyclic amines) is 1. The van der Waals surface area contributed by atoms with Gasteiger partial charge in [0.2, 0.25) is 5.91 Å². The summed E-state index contributed by atoms with van der Waals surface area (Å²) in [7, 11) is 0. The van der Waals surface area contributed by atoms with E-state index in [1.165, 1.54) is 5.56 Å². The van der Waals surface area contributed by atoms with Gasteiger partial charge in [-0.2, -0.15) is 0 Å². The van der Waals surface area contributed by atoms with Crippen molar-refractivity contribution in [2.75, 3.05) is 13.1 Å². The van der Waals surface area contributed by atoms with Crippen molar-refractivity contribution in [3.05, 3.63) is 41.5 Å². The lowest BCUT2D eigenvalue weighted by atomic mass is 10.1. The van der Waals surface area contributed by atoms with Crippen LogP contribution in [0.2, 0.25) is 0 Å². The highest BCUT2D eigenvalue weighted by molar-refractivity contribution is 5.92. The van der Waals surface area contributed by atoms with E-state index in [1.807, 2.05) is 37.3 Å². The van der Waals surface area contributed by atoms with Crippen molar-refractivity contribution in [3.8, 4) is 0 Å². The lowest BCUT2D eigenvalue weighted by Crippen LogP contribution is -2.30. The fourth-order valence-electron chi connectivity index (χ4n) is 2.03. The fourth-order valence-corrected chi connectivity index (χ4v) is 2.03. The SMILES string of the molecule is Cc1ccccc1/C=C/C(=O)N1CC[C@@H](N)C1. The zero-order chi connectivity index (χ0) is 12.3. The van der Waals surface area contributed by atoms with Crippen molar-refractivity contribution in [1.82, 2.24) is 4.90 Å². The molecule has 0 radical (unpaired) electrons. The number of aryl methyl sites for hydroxylation is 1. The van der Waals surface area contributed by atoms with Gasteiger partial charge in [-0.25, -0.2) is 0 Å². The van der Waals surface area contributed by atoms with Crippen molar-refractivity contribution >= 4 is 12.0 Å². The number of rotatable bonds is 2. The molecule has 0 unspecified atom stereocenters. The van der Waals surface area contributed by atoms with Gasteiger partial charge in [0, 0.05) is 25.2 Å². The lowest BCUT2D eigenvalue weighted by Gasteiger charge is -2.12. The Morgan fingerprint density at radius 3 is 2.88 bits per heavy atom. The summed E-state index contributed by atoms with van der Waals surface area (Å²) in [5, 5.41) is 0. The highest BCUT2D eigenvalue weighted by atomic mass is 16.2. The van der Waals surface area contributed by atoms with Crippen LogP contribution in [0.5, 0.6) is 0 Å². The van der Waals surface area contributed by atoms with E-state index in [1.54, 1.807) is 11.0 Å². The average molecular weight is 230 g/mol. The Balaban J connectivity index is 2.01. The normalized spacial score (nSPS) is 20.1. The first-order valence-corrected chi connectivity index (χ1v) is 5.95. The second kappa shape index (κ2) is 5.15. The highest BCUT2D eigenvalue weighted by Gasteiger charge is 2.21. The van der Waals surface area contributed by atoms with Gasteiger partial charge in [0.1, 0.15) is 0 Å². The molecule has 0 aromatic heterocycles. The molecule has 1 aliphatic heterocycles. The van der Waals surface area contributed by atoms with E-state index in [0.29, 0.717) is 6.54 Å². The standard InChI is InChI=1S/C14H18N2O/c1-11-4-2-3-5-12(11)6-7-14(17)16-9-8-13(15)10-16/h2-7,13H,8-10,15H2,1H3/b7-6+/t13-/m1/s1. The van der Waals surface area contributed by atoms with Crippen molar-refractivity contribution < 1.29 is 4.79 Å². The van der Waals surface area contributed by atoms with E-state index >= 15 is 0 Å². The Labute approximate surface area is 102 Å². The largest absolute Gasteiger partial charge is 0.338 e. The van der Waals surface area contributed by atoms with E-state index in [4.69, 9.17) is 5.73 Å². The maximum atomic E-state index is 11.9. The second-order valence-electron chi connectivity index (χ2n) is 4.52. The van der Waals surface area contributed by atoms with E-state index in [2.05, 4.69) is 0 Å². The molecule has 3 heteroatoms. The summed E-state index contributed by atoms with van der Waals surface area (Å²) in [5.74, 6) is 0.0567. The number of hydrogen-bond donors (Lipinski definition) is 1. The van der Waals surface area contributed by atoms with Crippen molar-refractivity contribution in [1.29, 1.82) is 0 Å². The van der Waals surface area contributed by atoms with Gasteiger partial charge in [-0.1, -0.05) is 24.3 Å². The van der Waals surface area contributed by atoms with Gasteiger partial charge in [0.05, 0.1) is 0 Å². The Hall–Kier alpha value is -1.61. The molecule has 0 spiro atoms. The molecule has 0 aliphatic carbocycles. The van der Waals surface area contributed by atoms with Crippen LogP contribution in [0.15, 0.2) is 30.3 Å². The Morgan fingerprint density at radius 1 is 1.47 bits per heavy atom. The predicted octanol–water partition coefficient (Wildman–Crippen LogP) is 1.57. The second-order valence-corrected chi connectivity index (χ2v) is 4.52. The molecule has 2 rings (SSSR count). The summed E-state index contributed by atoms with van der Waals surface area (Å²) >= 11 is 0. The van der Waals surface area contributed by atoms with Crippen molar-refractivity contribution in [2.24, 2.45) is 5.73 Å². The van der Waals surface area contributed by atoms with Gasteiger partial charge < -0.3 is 10.6 Å². The van der Waals surface area contributed by atoms with Crippen LogP contribution in [0.3, 0.4) is 0 Å². The molecule has 2 N–H and O–H groups in total. The third-order valence-corrected chi connectivity index (χ3v) is 3.13. The molecular weight excluding hydrogens is 212 g/mol. The number of hydrogen-bond acceptors (Lipinski definition) is 2. The first kappa shape index (κ1) is 11.9. The minimum Gasteiger partial charge on any atom is -0.338 e. The van der Waals surface area contributed by atoms with Gasteiger partial charge in [0.25, 0.3) is 0 Å². The summed E-state index contributed by atoms with van der Waals surface area (Å²) in [6, 6.07) is 8.16. The molecule has 1 atom stereocenters. The van der Waals surface area contributed by atoms with Gasteiger partial charge in [0.15, 0.2) is 0 Å². The number of benzene rings is 1. The molecule has 0 bridgehead atoms. The van der Waals surface area contributed by atoms with Gasteiger partial charge in [-0.05, 0) is 30.5 Å². The topological polar surface area (TPSA) is 46.3 Å². The van der Waals surface area contributed by atoms with E-state index in [9.17, 15) is 4.79 Å². The predicted molar refractivity (Wildman–Crippen MR) is 69.4 cm³/mol. The first-order valence-electron chi connectivity index (χ1n) is 5.95. The summed E-state index contributed by atoms with van der Waals surface area (Å²) in [4.78, 5) is 13.7. The summed E-state index contributed by atoms with van der Waals surface area (Å²) in [5.41, 5.74) is 8.04. The van der Waals surface area contributed by atoms with E-state index < -0.39 is 0 Å². The molecule has 90 valence electrons. The lowest BCUT2D eigenvalue weighted by molar-refractivity contribution is -0.124. The minimum absolute atomic E-state index is 0.0567. The van der Waals surface area contributed by atoms with Crippen molar-refractivity contribution in [2.45, 2.75) is 19.4 Å². The van der Waals surface area contributed by atoms with Crippen LogP contribution in [0.1, 0.15) is 17.5 Å². The molecule has 1 amide bonds. The Kier molecular flexibility index (Phi) is 3.59. The molecule has 1 aromatic rings. The van der Waals surface area contributed by atoms with Crippen LogP contribution in [0, 0.1) is 6.92 Å². The van der Waals surface area contributed by atoms with E-state index in [-0.39, 0.29) is 11.9 Å². The van der Waals surface area contributed by atoms with Crippen LogP contribution >= 0.6 is 0 Å². The molecule has 1 aromatic carbocycles. The third-order valence-electron chi connectivity index (χ3n) is 3.13. The molecule has 17 heavy (non-hydrogen) atoms. The third kappa shape index (κ3) is 2.94. The summed E-state index contributed by atoms with van der Waals surface area (Å²) in [6.45, 7) is 3.49. The van der Waals surface area contributed by atoms with Crippen molar-refractivity contribution in [3.63, 3.8) is 0 Å². The molecule has 0 saturated carbocycles. The molecule has 3 nitrogen and oxygen atoms in total. The Bertz CT molecular complexity index is 440. The molecule has 1 fully saturated rings. The van der Waals surface area contributed by atoms with Gasteiger partial charge in [-0.15, -0.1) is 0 Å². The van der Waals surface area contributed by atoms with Gasteiger partial charge in [-0.3, -0.25) is 4.79 Å². The number of nitrogens with zero attached hydrogens (tertiary/aromatic N) is 1. The zero-order valence-electron chi connectivity index (χ0n) is 10.1. The van der Waals surface area contributed by atoms with E-state index in [0.717, 1.165) is 18.5 Å². The van der Waals surface area contributed by atoms with Crippen LogP contribution < -0.4 is 5.73 Å². The number of nitrogens with two attached hydrogens (primary N) is 1. The molecule has 1 aliphatic rings. The minimum atomic E-state index is 0.0567. The zero-order valence-corrected chi connectivity index (χ0v) is 10.1. The smallest absolute Gasteiger partial charge is 0.246 e. The van der Waals surface area contributed by atoms with Crippen LogP contribution in [-0.4, -0.2) is 29.9 Å². The number of amides is 1. The quantitative estimate of drug-likeness (QED) is 0.784. The molecule has 1 heterocycles. The van der Waals surface area contributed by atoms with Crippen LogP contribution in [0.4, 0.5) is 0 Å². The molecule has 1 saturated heterocycles. The summed E-state index contributed by atoms with van der Waals surface area (Å²) < 4.78 is 0. The maximum absolute atomic E-state index is 11.9. The average Bonchev–Trinajstić information content (AvgIpc) is 2.74. The summed E-state index contributed by atoms with van der Waals surface area (Å²) in [6.07, 6.45) is 4.42. The number of carbonyl (C=O) groups excluding carboxylic acids is 1.